The first kappa shape index (κ1) is 15.8. The second kappa shape index (κ2) is 6.92. The van der Waals surface area contributed by atoms with Crippen LogP contribution in [0.5, 0.6) is 0 Å². The van der Waals surface area contributed by atoms with Gasteiger partial charge in [-0.15, -0.1) is 11.6 Å². The van der Waals surface area contributed by atoms with Crippen molar-refractivity contribution in [1.29, 1.82) is 0 Å². The molecule has 0 unspecified atom stereocenters. The second-order valence-corrected chi connectivity index (χ2v) is 7.55. The van der Waals surface area contributed by atoms with Crippen molar-refractivity contribution in [3.8, 4) is 0 Å². The monoisotopic (exact) mass is 315 g/mol. The zero-order valence-electron chi connectivity index (χ0n) is 11.9. The summed E-state index contributed by atoms with van der Waals surface area (Å²) in [6, 6.07) is 7.47. The van der Waals surface area contributed by atoms with Gasteiger partial charge in [0.2, 0.25) is 10.0 Å². The number of nitrogens with zero attached hydrogens (tertiary/aromatic N) is 1. The largest absolute Gasteiger partial charge is 0.243 e. The molecule has 0 bridgehead atoms. The first-order chi connectivity index (χ1) is 9.59. The van der Waals surface area contributed by atoms with Crippen LogP contribution >= 0.6 is 11.6 Å². The lowest BCUT2D eigenvalue weighted by molar-refractivity contribution is 0.403. The van der Waals surface area contributed by atoms with E-state index in [0.29, 0.717) is 17.3 Å². The molecule has 2 rings (SSSR count). The van der Waals surface area contributed by atoms with E-state index in [9.17, 15) is 8.42 Å². The molecule has 1 aromatic rings. The number of hydrogen-bond acceptors (Lipinski definition) is 2. The molecule has 0 aromatic heterocycles. The molecule has 1 saturated carbocycles. The lowest BCUT2D eigenvalue weighted by Crippen LogP contribution is -2.33. The Morgan fingerprint density at radius 3 is 2.40 bits per heavy atom. The fraction of sp³-hybridized carbons (Fsp3) is 0.600. The van der Waals surface area contributed by atoms with E-state index in [0.717, 1.165) is 37.7 Å². The summed E-state index contributed by atoms with van der Waals surface area (Å²) in [5, 5.41) is 0. The van der Waals surface area contributed by atoms with Crippen LogP contribution in [0.4, 0.5) is 0 Å². The fourth-order valence-corrected chi connectivity index (χ4v) is 4.23. The van der Waals surface area contributed by atoms with Crippen molar-refractivity contribution in [3.63, 3.8) is 0 Å². The quantitative estimate of drug-likeness (QED) is 0.689. The van der Waals surface area contributed by atoms with Gasteiger partial charge >= 0.3 is 0 Å². The minimum atomic E-state index is -3.33. The Balaban J connectivity index is 2.15. The summed E-state index contributed by atoms with van der Waals surface area (Å²) in [6.07, 6.45) is 4.65. The van der Waals surface area contributed by atoms with E-state index in [4.69, 9.17) is 11.6 Å². The van der Waals surface area contributed by atoms with Gasteiger partial charge in [-0.3, -0.25) is 0 Å². The highest BCUT2D eigenvalue weighted by molar-refractivity contribution is 7.89. The SMILES string of the molecule is CCCN(C1CC1)S(=O)(=O)c1ccc(CCCCl)cc1. The Kier molecular flexibility index (Phi) is 5.47. The summed E-state index contributed by atoms with van der Waals surface area (Å²) in [6.45, 7) is 2.63. The maximum atomic E-state index is 12.6. The molecule has 0 amide bonds. The number of aryl methyl sites for hydroxylation is 1. The minimum Gasteiger partial charge on any atom is -0.207 e. The first-order valence-corrected chi connectivity index (χ1v) is 9.23. The summed E-state index contributed by atoms with van der Waals surface area (Å²) in [5.41, 5.74) is 1.14. The van der Waals surface area contributed by atoms with Crippen molar-refractivity contribution in [2.24, 2.45) is 0 Å². The molecule has 0 atom stereocenters. The number of alkyl halides is 1. The van der Waals surface area contributed by atoms with E-state index in [1.54, 1.807) is 16.4 Å². The molecule has 3 nitrogen and oxygen atoms in total. The zero-order chi connectivity index (χ0) is 14.6. The van der Waals surface area contributed by atoms with Crippen LogP contribution in [0.3, 0.4) is 0 Å². The summed E-state index contributed by atoms with van der Waals surface area (Å²) >= 11 is 5.67. The van der Waals surface area contributed by atoms with Crippen LogP contribution in [0, 0.1) is 0 Å². The Labute approximate surface area is 127 Å². The predicted molar refractivity (Wildman–Crippen MR) is 82.7 cm³/mol. The highest BCUT2D eigenvalue weighted by atomic mass is 35.5. The fourth-order valence-electron chi connectivity index (χ4n) is 2.32. The third-order valence-corrected chi connectivity index (χ3v) is 5.76. The van der Waals surface area contributed by atoms with Gasteiger partial charge in [0.15, 0.2) is 0 Å². The molecule has 5 heteroatoms. The maximum Gasteiger partial charge on any atom is 0.243 e. The van der Waals surface area contributed by atoms with Gasteiger partial charge in [0.25, 0.3) is 0 Å². The molecule has 0 N–H and O–H groups in total. The van der Waals surface area contributed by atoms with Gasteiger partial charge < -0.3 is 0 Å². The van der Waals surface area contributed by atoms with Gasteiger partial charge in [-0.25, -0.2) is 8.42 Å². The lowest BCUT2D eigenvalue weighted by Gasteiger charge is -2.21. The van der Waals surface area contributed by atoms with Crippen LogP contribution in [-0.2, 0) is 16.4 Å². The molecule has 20 heavy (non-hydrogen) atoms. The Morgan fingerprint density at radius 2 is 1.90 bits per heavy atom. The molecule has 0 aliphatic heterocycles. The van der Waals surface area contributed by atoms with Crippen LogP contribution in [0.25, 0.3) is 0 Å². The molecular formula is C15H22ClNO2S. The van der Waals surface area contributed by atoms with Crippen molar-refractivity contribution in [3.05, 3.63) is 29.8 Å². The maximum absolute atomic E-state index is 12.6. The molecule has 0 radical (unpaired) electrons. The lowest BCUT2D eigenvalue weighted by atomic mass is 10.1. The smallest absolute Gasteiger partial charge is 0.207 e. The van der Waals surface area contributed by atoms with Crippen molar-refractivity contribution >= 4 is 21.6 Å². The zero-order valence-corrected chi connectivity index (χ0v) is 13.5. The first-order valence-electron chi connectivity index (χ1n) is 7.26. The molecule has 1 aliphatic rings. The average Bonchev–Trinajstić information content (AvgIpc) is 3.27. The van der Waals surface area contributed by atoms with Crippen molar-refractivity contribution in [2.75, 3.05) is 12.4 Å². The van der Waals surface area contributed by atoms with E-state index >= 15 is 0 Å². The topological polar surface area (TPSA) is 37.4 Å². The standard InChI is InChI=1S/C15H22ClNO2S/c1-2-12-17(14-7-8-14)20(18,19)15-9-5-13(6-10-15)4-3-11-16/h5-6,9-10,14H,2-4,7-8,11-12H2,1H3. The van der Waals surface area contributed by atoms with E-state index < -0.39 is 10.0 Å². The van der Waals surface area contributed by atoms with Crippen molar-refractivity contribution in [2.45, 2.75) is 50.0 Å². The third kappa shape index (κ3) is 3.74. The molecule has 0 spiro atoms. The molecule has 1 fully saturated rings. The van der Waals surface area contributed by atoms with E-state index in [1.807, 2.05) is 19.1 Å². The van der Waals surface area contributed by atoms with Gasteiger partial charge in [-0.2, -0.15) is 4.31 Å². The van der Waals surface area contributed by atoms with Gasteiger partial charge in [0, 0.05) is 18.5 Å². The summed E-state index contributed by atoms with van der Waals surface area (Å²) < 4.78 is 26.9. The molecule has 1 aliphatic carbocycles. The van der Waals surface area contributed by atoms with Crippen LogP contribution in [0.2, 0.25) is 0 Å². The molecule has 1 aromatic carbocycles. The highest BCUT2D eigenvalue weighted by Crippen LogP contribution is 2.32. The molecule has 0 heterocycles. The van der Waals surface area contributed by atoms with Gasteiger partial charge in [0.1, 0.15) is 0 Å². The number of halogens is 1. The Hall–Kier alpha value is -0.580. The minimum absolute atomic E-state index is 0.218. The van der Waals surface area contributed by atoms with Gasteiger partial charge in [0.05, 0.1) is 4.90 Å². The number of hydrogen-bond donors (Lipinski definition) is 0. The second-order valence-electron chi connectivity index (χ2n) is 5.28. The summed E-state index contributed by atoms with van der Waals surface area (Å²) in [5.74, 6) is 0.631. The molecule has 112 valence electrons. The predicted octanol–water partition coefficient (Wildman–Crippen LogP) is 3.42. The molecular weight excluding hydrogens is 294 g/mol. The average molecular weight is 316 g/mol. The number of sulfonamides is 1. The van der Waals surface area contributed by atoms with E-state index in [-0.39, 0.29) is 6.04 Å². The van der Waals surface area contributed by atoms with E-state index in [2.05, 4.69) is 0 Å². The highest BCUT2D eigenvalue weighted by Gasteiger charge is 2.37. The van der Waals surface area contributed by atoms with Gasteiger partial charge in [-0.1, -0.05) is 19.1 Å². The van der Waals surface area contributed by atoms with Crippen molar-refractivity contribution in [1.82, 2.24) is 4.31 Å². The Morgan fingerprint density at radius 1 is 1.25 bits per heavy atom. The summed E-state index contributed by atoms with van der Waals surface area (Å²) in [4.78, 5) is 0.410. The number of benzene rings is 1. The third-order valence-electron chi connectivity index (χ3n) is 3.53. The Bertz CT molecular complexity index is 523. The number of rotatable bonds is 8. The van der Waals surface area contributed by atoms with Crippen LogP contribution in [0.15, 0.2) is 29.2 Å². The van der Waals surface area contributed by atoms with Gasteiger partial charge in [-0.05, 0) is 49.8 Å². The van der Waals surface area contributed by atoms with E-state index in [1.165, 1.54) is 0 Å². The normalized spacial score (nSPS) is 15.8. The molecule has 0 saturated heterocycles. The van der Waals surface area contributed by atoms with Crippen LogP contribution in [0.1, 0.15) is 38.2 Å². The van der Waals surface area contributed by atoms with Crippen LogP contribution < -0.4 is 0 Å². The van der Waals surface area contributed by atoms with Crippen molar-refractivity contribution < 1.29 is 8.42 Å². The summed E-state index contributed by atoms with van der Waals surface area (Å²) in [7, 11) is -3.33. The van der Waals surface area contributed by atoms with Crippen LogP contribution in [-0.4, -0.2) is 31.2 Å².